The van der Waals surface area contributed by atoms with E-state index in [0.717, 1.165) is 56.5 Å². The van der Waals surface area contributed by atoms with Gasteiger partial charge in [0.2, 0.25) is 15.9 Å². The minimum absolute atomic E-state index is 0.139. The first-order valence-corrected chi connectivity index (χ1v) is 12.5. The Morgan fingerprint density at radius 1 is 1.07 bits per heavy atom. The fourth-order valence-electron chi connectivity index (χ4n) is 5.26. The van der Waals surface area contributed by atoms with E-state index in [-0.39, 0.29) is 22.7 Å². The Morgan fingerprint density at radius 3 is 2.45 bits per heavy atom. The Balaban J connectivity index is 1.33. The summed E-state index contributed by atoms with van der Waals surface area (Å²) < 4.78 is 33.4. The van der Waals surface area contributed by atoms with Crippen LogP contribution in [0.1, 0.15) is 62.8 Å². The van der Waals surface area contributed by atoms with E-state index in [4.69, 9.17) is 4.74 Å². The summed E-state index contributed by atoms with van der Waals surface area (Å²) in [6, 6.07) is 8.07. The lowest BCUT2D eigenvalue weighted by atomic mass is 9.76. The summed E-state index contributed by atoms with van der Waals surface area (Å²) in [5.41, 5.74) is 0.763. The SMILES string of the molecule is O=C(C[C@@H]1CC2(CCN(S(=O)(=O)C3CC3)CC2)Oc2ccccc21)N1CCCC1. The summed E-state index contributed by atoms with van der Waals surface area (Å²) in [6.07, 6.45) is 6.51. The van der Waals surface area contributed by atoms with Crippen LogP contribution >= 0.6 is 0 Å². The van der Waals surface area contributed by atoms with Crippen molar-refractivity contribution in [1.82, 2.24) is 9.21 Å². The highest BCUT2D eigenvalue weighted by atomic mass is 32.2. The molecule has 3 heterocycles. The van der Waals surface area contributed by atoms with Gasteiger partial charge >= 0.3 is 0 Å². The van der Waals surface area contributed by atoms with Gasteiger partial charge in [-0.2, -0.15) is 0 Å². The van der Waals surface area contributed by atoms with Crippen molar-refractivity contribution in [2.24, 2.45) is 0 Å². The number of carbonyl (C=O) groups is 1. The quantitative estimate of drug-likeness (QED) is 0.754. The van der Waals surface area contributed by atoms with E-state index in [1.165, 1.54) is 0 Å². The number of nitrogens with zero attached hydrogens (tertiary/aromatic N) is 2. The lowest BCUT2D eigenvalue weighted by Crippen LogP contribution is -2.52. The van der Waals surface area contributed by atoms with Gasteiger partial charge in [-0.05, 0) is 43.7 Å². The first kappa shape index (κ1) is 19.4. The minimum Gasteiger partial charge on any atom is -0.487 e. The monoisotopic (exact) mass is 418 g/mol. The lowest BCUT2D eigenvalue weighted by Gasteiger charge is -2.46. The highest BCUT2D eigenvalue weighted by Gasteiger charge is 2.48. The van der Waals surface area contributed by atoms with Gasteiger partial charge in [0.1, 0.15) is 11.4 Å². The number of ether oxygens (including phenoxy) is 1. The molecule has 0 radical (unpaired) electrons. The number of piperidine rings is 1. The normalized spacial score (nSPS) is 26.9. The molecule has 29 heavy (non-hydrogen) atoms. The van der Waals surface area contributed by atoms with E-state index in [2.05, 4.69) is 6.07 Å². The van der Waals surface area contributed by atoms with Gasteiger partial charge in [0, 0.05) is 51.4 Å². The zero-order valence-corrected chi connectivity index (χ0v) is 17.7. The van der Waals surface area contributed by atoms with E-state index in [9.17, 15) is 13.2 Å². The van der Waals surface area contributed by atoms with Crippen LogP contribution in [0.5, 0.6) is 5.75 Å². The van der Waals surface area contributed by atoms with Crippen LogP contribution < -0.4 is 4.74 Å². The molecule has 0 aromatic heterocycles. The van der Waals surface area contributed by atoms with Gasteiger partial charge in [-0.15, -0.1) is 0 Å². The zero-order valence-electron chi connectivity index (χ0n) is 16.9. The molecule has 7 heteroatoms. The Morgan fingerprint density at radius 2 is 1.76 bits per heavy atom. The molecule has 1 spiro atoms. The number of likely N-dealkylation sites (tertiary alicyclic amines) is 1. The molecule has 1 aromatic carbocycles. The number of carbonyl (C=O) groups excluding carboxylic acids is 1. The molecule has 3 fully saturated rings. The van der Waals surface area contributed by atoms with Gasteiger partial charge in [0.15, 0.2) is 0 Å². The maximum absolute atomic E-state index is 12.9. The summed E-state index contributed by atoms with van der Waals surface area (Å²) in [5.74, 6) is 1.25. The third kappa shape index (κ3) is 3.67. The minimum atomic E-state index is -3.13. The van der Waals surface area contributed by atoms with Gasteiger partial charge in [-0.3, -0.25) is 4.79 Å². The molecular formula is C22H30N2O4S. The number of amides is 1. The summed E-state index contributed by atoms with van der Waals surface area (Å²) in [4.78, 5) is 14.9. The van der Waals surface area contributed by atoms with E-state index in [1.54, 1.807) is 4.31 Å². The van der Waals surface area contributed by atoms with E-state index in [1.807, 2.05) is 23.1 Å². The predicted molar refractivity (Wildman–Crippen MR) is 110 cm³/mol. The van der Waals surface area contributed by atoms with Gasteiger partial charge < -0.3 is 9.64 Å². The summed E-state index contributed by atoms with van der Waals surface area (Å²) in [5, 5.41) is -0.157. The molecule has 1 aromatic rings. The third-order valence-electron chi connectivity index (χ3n) is 7.12. The van der Waals surface area contributed by atoms with E-state index >= 15 is 0 Å². The number of hydrogen-bond acceptors (Lipinski definition) is 4. The largest absolute Gasteiger partial charge is 0.487 e. The van der Waals surface area contributed by atoms with Crippen LogP contribution in [0.15, 0.2) is 24.3 Å². The average molecular weight is 419 g/mol. The molecule has 1 saturated carbocycles. The van der Waals surface area contributed by atoms with E-state index in [0.29, 0.717) is 32.4 Å². The van der Waals surface area contributed by atoms with Gasteiger partial charge in [-0.1, -0.05) is 18.2 Å². The zero-order chi connectivity index (χ0) is 20.1. The second kappa shape index (κ2) is 7.27. The molecular weight excluding hydrogens is 388 g/mol. The van der Waals surface area contributed by atoms with Crippen LogP contribution in [-0.4, -0.2) is 60.6 Å². The number of fused-ring (bicyclic) bond motifs is 1. The second-order valence-electron chi connectivity index (χ2n) is 9.16. The molecule has 0 unspecified atom stereocenters. The molecule has 4 aliphatic rings. The van der Waals surface area contributed by atoms with Crippen molar-refractivity contribution in [2.45, 2.75) is 68.1 Å². The Hall–Kier alpha value is -1.60. The maximum atomic E-state index is 12.9. The van der Waals surface area contributed by atoms with Crippen molar-refractivity contribution < 1.29 is 17.9 Å². The van der Waals surface area contributed by atoms with Gasteiger partial charge in [0.25, 0.3) is 0 Å². The first-order chi connectivity index (χ1) is 14.0. The molecule has 5 rings (SSSR count). The van der Waals surface area contributed by atoms with Crippen LogP contribution in [0.25, 0.3) is 0 Å². The molecule has 0 bridgehead atoms. The van der Waals surface area contributed by atoms with Crippen LogP contribution in [0.4, 0.5) is 0 Å². The van der Waals surface area contributed by atoms with Gasteiger partial charge in [-0.25, -0.2) is 12.7 Å². The molecule has 1 atom stereocenters. The Bertz CT molecular complexity index is 882. The van der Waals surface area contributed by atoms with Crippen molar-refractivity contribution in [1.29, 1.82) is 0 Å². The fourth-order valence-corrected chi connectivity index (χ4v) is 7.11. The van der Waals surface area contributed by atoms with E-state index < -0.39 is 10.0 Å². The third-order valence-corrected chi connectivity index (χ3v) is 9.52. The summed E-state index contributed by atoms with van der Waals surface area (Å²) >= 11 is 0. The fraction of sp³-hybridized carbons (Fsp3) is 0.682. The first-order valence-electron chi connectivity index (χ1n) is 11.0. The molecule has 1 aliphatic carbocycles. The van der Waals surface area contributed by atoms with Crippen LogP contribution in [-0.2, 0) is 14.8 Å². The van der Waals surface area contributed by atoms with Crippen molar-refractivity contribution in [3.8, 4) is 5.75 Å². The summed E-state index contributed by atoms with van der Waals surface area (Å²) in [6.45, 7) is 2.80. The van der Waals surface area contributed by atoms with Crippen molar-refractivity contribution in [2.75, 3.05) is 26.2 Å². The smallest absolute Gasteiger partial charge is 0.223 e. The average Bonchev–Trinajstić information content (AvgIpc) is 3.44. The molecule has 158 valence electrons. The van der Waals surface area contributed by atoms with Crippen LogP contribution in [0.2, 0.25) is 0 Å². The number of para-hydroxylation sites is 1. The highest BCUT2D eigenvalue weighted by molar-refractivity contribution is 7.90. The van der Waals surface area contributed by atoms with Crippen LogP contribution in [0, 0.1) is 0 Å². The molecule has 2 saturated heterocycles. The predicted octanol–water partition coefficient (Wildman–Crippen LogP) is 2.89. The standard InChI is InChI=1S/C22H30N2O4S/c25-21(23-11-3-4-12-23)15-17-16-22(28-20-6-2-1-5-19(17)20)9-13-24(14-10-22)29(26,27)18-7-8-18/h1-2,5-6,17-18H,3-4,7-16H2/t17-/m1/s1. The Labute approximate surface area is 173 Å². The molecule has 3 aliphatic heterocycles. The highest BCUT2D eigenvalue weighted by Crippen LogP contribution is 2.47. The maximum Gasteiger partial charge on any atom is 0.223 e. The number of hydrogen-bond donors (Lipinski definition) is 0. The number of benzene rings is 1. The molecule has 6 nitrogen and oxygen atoms in total. The topological polar surface area (TPSA) is 66.9 Å². The van der Waals surface area contributed by atoms with Crippen molar-refractivity contribution >= 4 is 15.9 Å². The van der Waals surface area contributed by atoms with Crippen LogP contribution in [0.3, 0.4) is 0 Å². The van der Waals surface area contributed by atoms with Crippen molar-refractivity contribution in [3.63, 3.8) is 0 Å². The second-order valence-corrected chi connectivity index (χ2v) is 11.4. The lowest BCUT2D eigenvalue weighted by molar-refractivity contribution is -0.131. The summed E-state index contributed by atoms with van der Waals surface area (Å²) in [7, 11) is -3.13. The Kier molecular flexibility index (Phi) is 4.86. The van der Waals surface area contributed by atoms with Crippen molar-refractivity contribution in [3.05, 3.63) is 29.8 Å². The number of sulfonamides is 1. The molecule has 0 N–H and O–H groups in total. The van der Waals surface area contributed by atoms with Gasteiger partial charge in [0.05, 0.1) is 5.25 Å². The number of rotatable bonds is 4. The molecule has 1 amide bonds.